The Balaban J connectivity index is -0.000000107. The van der Waals surface area contributed by atoms with Crippen LogP contribution in [-0.4, -0.2) is 16.3 Å². The lowest BCUT2D eigenvalue weighted by molar-refractivity contribution is -0.306. The Morgan fingerprint density at radius 2 is 1.50 bits per heavy atom. The van der Waals surface area contributed by atoms with Gasteiger partial charge in [-0.05, 0) is 20.8 Å². The standard InChI is InChI=1S/C4H10O2.C2H3N.H2O/c1-4(2,3)6-5;1-2-3;/h5H,1-3H3;1H3;1H2. The summed E-state index contributed by atoms with van der Waals surface area (Å²) in [6.07, 6.45) is 0. The van der Waals surface area contributed by atoms with Crippen LogP contribution in [0.5, 0.6) is 0 Å². The maximum Gasteiger partial charge on any atom is 0.0949 e. The van der Waals surface area contributed by atoms with Gasteiger partial charge < -0.3 is 5.48 Å². The predicted molar refractivity (Wildman–Crippen MR) is 38.4 cm³/mol. The highest BCUT2D eigenvalue weighted by atomic mass is 17.1. The second-order valence-electron chi connectivity index (χ2n) is 2.43. The lowest BCUT2D eigenvalue weighted by Gasteiger charge is -2.10. The number of hydrogen-bond acceptors (Lipinski definition) is 3. The number of nitriles is 1. The van der Waals surface area contributed by atoms with Crippen molar-refractivity contribution in [1.29, 1.82) is 5.26 Å². The molecule has 0 rings (SSSR count). The van der Waals surface area contributed by atoms with E-state index < -0.39 is 5.60 Å². The van der Waals surface area contributed by atoms with E-state index in [1.54, 1.807) is 26.8 Å². The zero-order chi connectivity index (χ0) is 7.91. The molecule has 0 aromatic rings. The molecule has 0 bridgehead atoms. The predicted octanol–water partition coefficient (Wildman–Crippen LogP) is 0.980. The van der Waals surface area contributed by atoms with Crippen molar-refractivity contribution in [2.45, 2.75) is 33.3 Å². The molecule has 10 heavy (non-hydrogen) atoms. The molecule has 3 N–H and O–H groups in total. The van der Waals surface area contributed by atoms with Crippen molar-refractivity contribution < 1.29 is 15.6 Å². The molecule has 0 aliphatic carbocycles. The first kappa shape index (κ1) is 16.2. The van der Waals surface area contributed by atoms with Gasteiger partial charge in [0.25, 0.3) is 0 Å². The third-order valence-electron chi connectivity index (χ3n) is 0.274. The third kappa shape index (κ3) is 53.2. The molecular weight excluding hydrogens is 134 g/mol. The molecule has 0 saturated heterocycles. The molecule has 0 aliphatic rings. The molecule has 0 aromatic heterocycles. The summed E-state index contributed by atoms with van der Waals surface area (Å²) in [5.41, 5.74) is -0.403. The minimum Gasteiger partial charge on any atom is -0.412 e. The summed E-state index contributed by atoms with van der Waals surface area (Å²) in [5.74, 6) is 0. The van der Waals surface area contributed by atoms with Crippen molar-refractivity contribution in [1.82, 2.24) is 0 Å². The van der Waals surface area contributed by atoms with Crippen LogP contribution in [-0.2, 0) is 4.89 Å². The third-order valence-corrected chi connectivity index (χ3v) is 0.274. The van der Waals surface area contributed by atoms with Crippen LogP contribution in [0, 0.1) is 11.3 Å². The van der Waals surface area contributed by atoms with E-state index in [0.29, 0.717) is 0 Å². The lowest BCUT2D eigenvalue weighted by Crippen LogP contribution is -2.15. The first-order valence-corrected chi connectivity index (χ1v) is 2.61. The van der Waals surface area contributed by atoms with Crippen LogP contribution >= 0.6 is 0 Å². The number of hydrogen-bond donors (Lipinski definition) is 1. The Hall–Kier alpha value is -0.630. The van der Waals surface area contributed by atoms with E-state index >= 15 is 0 Å². The van der Waals surface area contributed by atoms with Crippen molar-refractivity contribution >= 4 is 0 Å². The van der Waals surface area contributed by atoms with Gasteiger partial charge in [0.15, 0.2) is 0 Å². The first-order chi connectivity index (χ1) is 3.97. The zero-order valence-corrected chi connectivity index (χ0v) is 6.80. The zero-order valence-electron chi connectivity index (χ0n) is 6.80. The second-order valence-corrected chi connectivity index (χ2v) is 2.43. The van der Waals surface area contributed by atoms with Gasteiger partial charge in [-0.2, -0.15) is 5.26 Å². The molecule has 0 atom stereocenters. The Labute approximate surface area is 61.3 Å². The molecule has 0 aromatic carbocycles. The van der Waals surface area contributed by atoms with Crippen molar-refractivity contribution in [3.05, 3.63) is 0 Å². The molecule has 0 spiro atoms. The van der Waals surface area contributed by atoms with Gasteiger partial charge in [0.1, 0.15) is 0 Å². The van der Waals surface area contributed by atoms with Gasteiger partial charge in [0.05, 0.1) is 11.7 Å². The van der Waals surface area contributed by atoms with Gasteiger partial charge in [-0.25, -0.2) is 4.89 Å². The van der Waals surface area contributed by atoms with E-state index in [0.717, 1.165) is 0 Å². The van der Waals surface area contributed by atoms with Crippen LogP contribution in [0.15, 0.2) is 0 Å². The molecule has 0 aliphatic heterocycles. The second kappa shape index (κ2) is 8.37. The molecule has 4 heteroatoms. The van der Waals surface area contributed by atoms with Crippen LogP contribution in [0.3, 0.4) is 0 Å². The van der Waals surface area contributed by atoms with E-state index in [1.807, 2.05) is 0 Å². The molecular formula is C6H15NO3. The summed E-state index contributed by atoms with van der Waals surface area (Å²) >= 11 is 0. The highest BCUT2D eigenvalue weighted by Crippen LogP contribution is 2.01. The lowest BCUT2D eigenvalue weighted by atomic mass is 10.2. The highest BCUT2D eigenvalue weighted by Gasteiger charge is 2.06. The fraction of sp³-hybridized carbons (Fsp3) is 0.833. The monoisotopic (exact) mass is 149 g/mol. The Kier molecular flexibility index (Phi) is 13.5. The van der Waals surface area contributed by atoms with E-state index in [9.17, 15) is 0 Å². The molecule has 4 nitrogen and oxygen atoms in total. The maximum absolute atomic E-state index is 7.90. The first-order valence-electron chi connectivity index (χ1n) is 2.61. The number of rotatable bonds is 0. The van der Waals surface area contributed by atoms with Gasteiger partial charge in [-0.15, -0.1) is 0 Å². The quantitative estimate of drug-likeness (QED) is 0.411. The Bertz CT molecular complexity index is 90.1. The van der Waals surface area contributed by atoms with Gasteiger partial charge in [-0.3, -0.25) is 5.26 Å². The molecule has 0 radical (unpaired) electrons. The van der Waals surface area contributed by atoms with Crippen LogP contribution < -0.4 is 0 Å². The van der Waals surface area contributed by atoms with Gasteiger partial charge >= 0.3 is 0 Å². The van der Waals surface area contributed by atoms with E-state index in [-0.39, 0.29) is 5.48 Å². The van der Waals surface area contributed by atoms with Crippen LogP contribution in [0.25, 0.3) is 0 Å². The minimum atomic E-state index is -0.403. The van der Waals surface area contributed by atoms with Crippen LogP contribution in [0.1, 0.15) is 27.7 Å². The highest BCUT2D eigenvalue weighted by molar-refractivity contribution is 4.53. The summed E-state index contributed by atoms with van der Waals surface area (Å²) in [6, 6.07) is 1.75. The van der Waals surface area contributed by atoms with Gasteiger partial charge in [-0.1, -0.05) is 0 Å². The number of nitrogens with zero attached hydrogens (tertiary/aromatic N) is 1. The maximum atomic E-state index is 7.90. The SMILES string of the molecule is CC#N.CC(C)(C)OO.O. The summed E-state index contributed by atoms with van der Waals surface area (Å²) in [5, 5.41) is 15.2. The van der Waals surface area contributed by atoms with E-state index in [1.165, 1.54) is 6.92 Å². The molecule has 62 valence electrons. The summed E-state index contributed by atoms with van der Waals surface area (Å²) in [7, 11) is 0. The minimum absolute atomic E-state index is 0. The molecule has 0 unspecified atom stereocenters. The van der Waals surface area contributed by atoms with Crippen molar-refractivity contribution in [3.63, 3.8) is 0 Å². The smallest absolute Gasteiger partial charge is 0.0949 e. The fourth-order valence-corrected chi connectivity index (χ4v) is 0. The molecule has 0 amide bonds. The summed E-state index contributed by atoms with van der Waals surface area (Å²) < 4.78 is 0. The van der Waals surface area contributed by atoms with Gasteiger partial charge in [0, 0.05) is 6.92 Å². The fourth-order valence-electron chi connectivity index (χ4n) is 0. The van der Waals surface area contributed by atoms with Gasteiger partial charge in [0.2, 0.25) is 0 Å². The largest absolute Gasteiger partial charge is 0.412 e. The van der Waals surface area contributed by atoms with Crippen LogP contribution in [0.4, 0.5) is 0 Å². The van der Waals surface area contributed by atoms with Crippen molar-refractivity contribution in [2.24, 2.45) is 0 Å². The molecule has 0 fully saturated rings. The average Bonchev–Trinajstić information content (AvgIpc) is 1.67. The normalized spacial score (nSPS) is 8.00. The van der Waals surface area contributed by atoms with Crippen molar-refractivity contribution in [3.8, 4) is 6.07 Å². The van der Waals surface area contributed by atoms with E-state index in [4.69, 9.17) is 10.5 Å². The van der Waals surface area contributed by atoms with Crippen molar-refractivity contribution in [2.75, 3.05) is 0 Å². The average molecular weight is 149 g/mol. The summed E-state index contributed by atoms with van der Waals surface area (Å²) in [6.45, 7) is 6.74. The topological polar surface area (TPSA) is 84.8 Å². The Morgan fingerprint density at radius 3 is 1.50 bits per heavy atom. The molecule has 0 heterocycles. The van der Waals surface area contributed by atoms with E-state index in [2.05, 4.69) is 4.89 Å². The summed E-state index contributed by atoms with van der Waals surface area (Å²) in [4.78, 5) is 3.94. The van der Waals surface area contributed by atoms with Crippen LogP contribution in [0.2, 0.25) is 0 Å². The molecule has 0 saturated carbocycles. The Morgan fingerprint density at radius 1 is 1.40 bits per heavy atom.